The van der Waals surface area contributed by atoms with Crippen LogP contribution in [-0.2, 0) is 0 Å². The van der Waals surface area contributed by atoms with Crippen LogP contribution in [0.1, 0.15) is 46.0 Å². The number of oxime groups is 1. The highest BCUT2D eigenvalue weighted by Gasteiger charge is 2.32. The summed E-state index contributed by atoms with van der Waals surface area (Å²) >= 11 is 2.00. The number of rotatable bonds is 7. The molecule has 1 saturated carbocycles. The quantitative estimate of drug-likeness (QED) is 0.219. The monoisotopic (exact) mass is 273 g/mol. The van der Waals surface area contributed by atoms with Gasteiger partial charge in [0.15, 0.2) is 0 Å². The molecule has 0 spiro atoms. The van der Waals surface area contributed by atoms with E-state index >= 15 is 0 Å². The standard InChI is InChI=1S/C13H27N3OS/c1-12(2,11(14)16-17)8-9-15-10-13(18-3)6-4-5-7-13/h15,17H,4-10H2,1-3H3,(H2,14,16). The van der Waals surface area contributed by atoms with Crippen LogP contribution in [-0.4, -0.2) is 35.1 Å². The van der Waals surface area contributed by atoms with Crippen LogP contribution in [0.25, 0.3) is 0 Å². The molecule has 0 atom stereocenters. The molecule has 0 saturated heterocycles. The van der Waals surface area contributed by atoms with E-state index in [1.807, 2.05) is 25.6 Å². The average molecular weight is 273 g/mol. The topological polar surface area (TPSA) is 70.6 Å². The smallest absolute Gasteiger partial charge is 0.144 e. The lowest BCUT2D eigenvalue weighted by Gasteiger charge is -2.28. The zero-order chi connectivity index (χ0) is 13.6. The average Bonchev–Trinajstić information content (AvgIpc) is 2.83. The van der Waals surface area contributed by atoms with Crippen molar-refractivity contribution in [3.05, 3.63) is 0 Å². The van der Waals surface area contributed by atoms with Gasteiger partial charge in [-0.05, 0) is 32.1 Å². The first-order valence-electron chi connectivity index (χ1n) is 6.70. The predicted octanol–water partition coefficient (Wildman–Crippen LogP) is 2.41. The van der Waals surface area contributed by atoms with E-state index < -0.39 is 0 Å². The van der Waals surface area contributed by atoms with Crippen LogP contribution in [0.2, 0.25) is 0 Å². The van der Waals surface area contributed by atoms with Crippen molar-refractivity contribution in [3.8, 4) is 0 Å². The zero-order valence-corrected chi connectivity index (χ0v) is 12.6. The third kappa shape index (κ3) is 4.05. The van der Waals surface area contributed by atoms with Gasteiger partial charge in [0.25, 0.3) is 0 Å². The van der Waals surface area contributed by atoms with Gasteiger partial charge in [-0.25, -0.2) is 0 Å². The van der Waals surface area contributed by atoms with E-state index in [1.165, 1.54) is 25.7 Å². The van der Waals surface area contributed by atoms with Crippen molar-refractivity contribution in [1.29, 1.82) is 0 Å². The van der Waals surface area contributed by atoms with Crippen molar-refractivity contribution in [2.75, 3.05) is 19.3 Å². The molecule has 1 fully saturated rings. The Morgan fingerprint density at radius 1 is 1.44 bits per heavy atom. The minimum Gasteiger partial charge on any atom is -0.409 e. The summed E-state index contributed by atoms with van der Waals surface area (Å²) in [5, 5.41) is 15.4. The van der Waals surface area contributed by atoms with Gasteiger partial charge in [-0.2, -0.15) is 11.8 Å². The molecule has 0 aromatic rings. The van der Waals surface area contributed by atoms with Crippen LogP contribution < -0.4 is 11.1 Å². The largest absolute Gasteiger partial charge is 0.409 e. The van der Waals surface area contributed by atoms with Gasteiger partial charge in [0.05, 0.1) is 0 Å². The van der Waals surface area contributed by atoms with Crippen molar-refractivity contribution in [1.82, 2.24) is 5.32 Å². The van der Waals surface area contributed by atoms with Crippen LogP contribution in [0.4, 0.5) is 0 Å². The second kappa shape index (κ2) is 6.66. The zero-order valence-electron chi connectivity index (χ0n) is 11.8. The molecule has 0 aromatic carbocycles. The van der Waals surface area contributed by atoms with E-state index in [-0.39, 0.29) is 5.41 Å². The van der Waals surface area contributed by atoms with Crippen molar-refractivity contribution < 1.29 is 5.21 Å². The molecular weight excluding hydrogens is 246 g/mol. The summed E-state index contributed by atoms with van der Waals surface area (Å²) in [4.78, 5) is 0. The molecule has 5 heteroatoms. The summed E-state index contributed by atoms with van der Waals surface area (Å²) in [7, 11) is 0. The molecule has 0 radical (unpaired) electrons. The molecule has 4 nitrogen and oxygen atoms in total. The molecule has 1 aliphatic rings. The van der Waals surface area contributed by atoms with Crippen LogP contribution in [0, 0.1) is 5.41 Å². The maximum Gasteiger partial charge on any atom is 0.144 e. The number of hydrogen-bond donors (Lipinski definition) is 3. The number of nitrogens with zero attached hydrogens (tertiary/aromatic N) is 1. The SMILES string of the molecule is CSC1(CNCCC(C)(C)C(N)=NO)CCCC1. The Kier molecular flexibility index (Phi) is 5.79. The molecule has 0 aliphatic heterocycles. The van der Waals surface area contributed by atoms with E-state index in [9.17, 15) is 0 Å². The molecule has 0 amide bonds. The first-order chi connectivity index (χ1) is 8.46. The molecule has 0 bridgehead atoms. The fourth-order valence-electron chi connectivity index (χ4n) is 2.45. The summed E-state index contributed by atoms with van der Waals surface area (Å²) in [6, 6.07) is 0. The molecule has 0 unspecified atom stereocenters. The predicted molar refractivity (Wildman–Crippen MR) is 79.4 cm³/mol. The van der Waals surface area contributed by atoms with Crippen molar-refractivity contribution >= 4 is 17.6 Å². The second-order valence-corrected chi connectivity index (χ2v) is 7.16. The molecular formula is C13H27N3OS. The lowest BCUT2D eigenvalue weighted by atomic mass is 9.88. The molecule has 1 aliphatic carbocycles. The Morgan fingerprint density at radius 2 is 2.06 bits per heavy atom. The third-order valence-electron chi connectivity index (χ3n) is 4.12. The van der Waals surface area contributed by atoms with Crippen LogP contribution in [0.15, 0.2) is 5.16 Å². The lowest BCUT2D eigenvalue weighted by Crippen LogP contribution is -2.39. The highest BCUT2D eigenvalue weighted by molar-refractivity contribution is 8.00. The van der Waals surface area contributed by atoms with E-state index in [2.05, 4.69) is 16.7 Å². The molecule has 0 heterocycles. The van der Waals surface area contributed by atoms with Crippen molar-refractivity contribution in [3.63, 3.8) is 0 Å². The number of nitrogens with two attached hydrogens (primary N) is 1. The summed E-state index contributed by atoms with van der Waals surface area (Å²) in [6.07, 6.45) is 8.46. The lowest BCUT2D eigenvalue weighted by molar-refractivity contribution is 0.304. The highest BCUT2D eigenvalue weighted by Crippen LogP contribution is 2.39. The van der Waals surface area contributed by atoms with Gasteiger partial charge in [-0.3, -0.25) is 0 Å². The Labute approximate surface area is 115 Å². The van der Waals surface area contributed by atoms with Crippen LogP contribution in [0.3, 0.4) is 0 Å². The molecule has 0 aromatic heterocycles. The van der Waals surface area contributed by atoms with E-state index in [0.29, 0.717) is 10.6 Å². The number of nitrogens with one attached hydrogen (secondary N) is 1. The minimum absolute atomic E-state index is 0.246. The third-order valence-corrected chi connectivity index (χ3v) is 5.54. The Hall–Kier alpha value is -0.420. The number of amidine groups is 1. The Bertz CT molecular complexity index is 286. The second-order valence-electron chi connectivity index (χ2n) is 5.89. The maximum atomic E-state index is 8.72. The van der Waals surface area contributed by atoms with Gasteiger partial charge < -0.3 is 16.3 Å². The van der Waals surface area contributed by atoms with Crippen LogP contribution >= 0.6 is 11.8 Å². The van der Waals surface area contributed by atoms with E-state index in [4.69, 9.17) is 10.9 Å². The van der Waals surface area contributed by atoms with Gasteiger partial charge >= 0.3 is 0 Å². The minimum atomic E-state index is -0.246. The summed E-state index contributed by atoms with van der Waals surface area (Å²) in [5.41, 5.74) is 5.43. The molecule has 4 N–H and O–H groups in total. The van der Waals surface area contributed by atoms with Crippen LogP contribution in [0.5, 0.6) is 0 Å². The normalized spacial score (nSPS) is 20.3. The highest BCUT2D eigenvalue weighted by atomic mass is 32.2. The van der Waals surface area contributed by atoms with Gasteiger partial charge in [-0.1, -0.05) is 31.8 Å². The van der Waals surface area contributed by atoms with Gasteiger partial charge in [0.1, 0.15) is 5.84 Å². The van der Waals surface area contributed by atoms with Gasteiger partial charge in [0, 0.05) is 16.7 Å². The fourth-order valence-corrected chi connectivity index (χ4v) is 3.40. The molecule has 106 valence electrons. The number of hydrogen-bond acceptors (Lipinski definition) is 4. The Balaban J connectivity index is 2.30. The van der Waals surface area contributed by atoms with E-state index in [0.717, 1.165) is 19.5 Å². The fraction of sp³-hybridized carbons (Fsp3) is 0.923. The Morgan fingerprint density at radius 3 is 2.56 bits per heavy atom. The van der Waals surface area contributed by atoms with Gasteiger partial charge in [-0.15, -0.1) is 0 Å². The number of thioether (sulfide) groups is 1. The van der Waals surface area contributed by atoms with Gasteiger partial charge in [0.2, 0.25) is 0 Å². The summed E-state index contributed by atoms with van der Waals surface area (Å²) < 4.78 is 0.445. The summed E-state index contributed by atoms with van der Waals surface area (Å²) in [5.74, 6) is 0.310. The van der Waals surface area contributed by atoms with E-state index in [1.54, 1.807) is 0 Å². The van der Waals surface area contributed by atoms with Crippen molar-refractivity contribution in [2.24, 2.45) is 16.3 Å². The summed E-state index contributed by atoms with van der Waals surface area (Å²) in [6.45, 7) is 5.99. The van der Waals surface area contributed by atoms with Crippen molar-refractivity contribution in [2.45, 2.75) is 50.7 Å². The molecule has 18 heavy (non-hydrogen) atoms. The first-order valence-corrected chi connectivity index (χ1v) is 7.92. The maximum absolute atomic E-state index is 8.72. The molecule has 1 rings (SSSR count). The first kappa shape index (κ1) is 15.6.